The number of hydrogen-bond acceptors (Lipinski definition) is 2. The van der Waals surface area contributed by atoms with Crippen molar-refractivity contribution >= 4 is 5.76 Å². The first-order valence-electron chi connectivity index (χ1n) is 4.39. The maximum atomic E-state index is 5.21. The summed E-state index contributed by atoms with van der Waals surface area (Å²) in [4.78, 5) is 0. The quantitative estimate of drug-likeness (QED) is 0.539. The van der Waals surface area contributed by atoms with E-state index in [0.717, 1.165) is 5.56 Å². The molecular weight excluding hydrogens is 176 g/mol. The van der Waals surface area contributed by atoms with Crippen LogP contribution in [0.3, 0.4) is 0 Å². The van der Waals surface area contributed by atoms with E-state index in [2.05, 4.69) is 5.73 Å². The molecule has 2 nitrogen and oxygen atoms in total. The molecule has 0 aliphatic heterocycles. The highest BCUT2D eigenvalue weighted by atomic mass is 16.5. The predicted octanol–water partition coefficient (Wildman–Crippen LogP) is 2.82. The fraction of sp³-hybridized carbons (Fsp3) is 0.250. The fourth-order valence-electron chi connectivity index (χ4n) is 1.04. The summed E-state index contributed by atoms with van der Waals surface area (Å²) in [5, 5.41) is 0. The van der Waals surface area contributed by atoms with Gasteiger partial charge < -0.3 is 9.47 Å². The van der Waals surface area contributed by atoms with Crippen molar-refractivity contribution in [1.29, 1.82) is 0 Å². The van der Waals surface area contributed by atoms with E-state index in [-0.39, 0.29) is 0 Å². The second kappa shape index (κ2) is 5.15. The molecule has 1 aromatic rings. The zero-order chi connectivity index (χ0) is 10.4. The van der Waals surface area contributed by atoms with Crippen LogP contribution in [0.5, 0.6) is 0 Å². The van der Waals surface area contributed by atoms with E-state index in [4.69, 9.17) is 9.47 Å². The molecule has 0 spiro atoms. The van der Waals surface area contributed by atoms with Crippen LogP contribution in [0.2, 0.25) is 0 Å². The highest BCUT2D eigenvalue weighted by molar-refractivity contribution is 5.59. The Labute approximate surface area is 84.5 Å². The van der Waals surface area contributed by atoms with E-state index in [9.17, 15) is 0 Å². The molecule has 74 valence electrons. The van der Waals surface area contributed by atoms with Gasteiger partial charge in [-0.15, -0.1) is 0 Å². The van der Waals surface area contributed by atoms with E-state index >= 15 is 0 Å². The lowest BCUT2D eigenvalue weighted by atomic mass is 10.2. The Morgan fingerprint density at radius 3 is 2.21 bits per heavy atom. The summed E-state index contributed by atoms with van der Waals surface area (Å²) >= 11 is 0. The molecule has 0 radical (unpaired) electrons. The summed E-state index contributed by atoms with van der Waals surface area (Å²) < 4.78 is 10.2. The topological polar surface area (TPSA) is 18.5 Å². The van der Waals surface area contributed by atoms with Crippen LogP contribution in [0.25, 0.3) is 5.76 Å². The van der Waals surface area contributed by atoms with Crippen LogP contribution in [0.1, 0.15) is 12.5 Å². The monoisotopic (exact) mass is 190 g/mol. The Kier molecular flexibility index (Phi) is 3.84. The second-order valence-corrected chi connectivity index (χ2v) is 2.78. The van der Waals surface area contributed by atoms with Crippen molar-refractivity contribution in [2.75, 3.05) is 14.2 Å². The summed E-state index contributed by atoms with van der Waals surface area (Å²) in [6.07, 6.45) is 0. The highest BCUT2D eigenvalue weighted by Crippen LogP contribution is 2.13. The fourth-order valence-corrected chi connectivity index (χ4v) is 1.04. The lowest BCUT2D eigenvalue weighted by Crippen LogP contribution is -1.86. The van der Waals surface area contributed by atoms with E-state index in [1.807, 2.05) is 37.3 Å². The van der Waals surface area contributed by atoms with Crippen LogP contribution in [0, 0.1) is 0 Å². The van der Waals surface area contributed by atoms with Crippen LogP contribution in [-0.4, -0.2) is 14.2 Å². The minimum absolute atomic E-state index is 0.685. The van der Waals surface area contributed by atoms with Gasteiger partial charge in [0, 0.05) is 12.5 Å². The van der Waals surface area contributed by atoms with Crippen molar-refractivity contribution < 1.29 is 9.47 Å². The number of hydrogen-bond donors (Lipinski definition) is 0. The molecule has 0 unspecified atom stereocenters. The van der Waals surface area contributed by atoms with E-state index in [0.29, 0.717) is 11.5 Å². The Balaban J connectivity index is 3.12. The number of allylic oxidation sites excluding steroid dienone is 1. The van der Waals surface area contributed by atoms with Crippen molar-refractivity contribution in [2.45, 2.75) is 6.92 Å². The van der Waals surface area contributed by atoms with Gasteiger partial charge in [-0.2, -0.15) is 0 Å². The Bertz CT molecular complexity index is 346. The molecule has 0 aliphatic rings. The maximum absolute atomic E-state index is 5.21. The van der Waals surface area contributed by atoms with Gasteiger partial charge in [-0.1, -0.05) is 30.3 Å². The average Bonchev–Trinajstić information content (AvgIpc) is 2.26. The number of benzene rings is 1. The van der Waals surface area contributed by atoms with E-state index < -0.39 is 0 Å². The largest absolute Gasteiger partial charge is 0.493 e. The number of methoxy groups -OCH3 is 2. The molecular formula is C12H14O2. The SMILES string of the molecule is COC(C)=C=C(OC)c1ccccc1. The third-order valence-corrected chi connectivity index (χ3v) is 1.84. The average molecular weight is 190 g/mol. The van der Waals surface area contributed by atoms with Gasteiger partial charge >= 0.3 is 0 Å². The van der Waals surface area contributed by atoms with Gasteiger partial charge in [0.2, 0.25) is 0 Å². The van der Waals surface area contributed by atoms with Crippen molar-refractivity contribution in [1.82, 2.24) is 0 Å². The van der Waals surface area contributed by atoms with Gasteiger partial charge in [-0.05, 0) is 5.73 Å². The first-order valence-corrected chi connectivity index (χ1v) is 4.39. The minimum atomic E-state index is 0.685. The van der Waals surface area contributed by atoms with Gasteiger partial charge in [0.15, 0.2) is 5.76 Å². The van der Waals surface area contributed by atoms with Crippen molar-refractivity contribution in [3.05, 3.63) is 47.4 Å². The van der Waals surface area contributed by atoms with Crippen molar-refractivity contribution in [3.8, 4) is 0 Å². The van der Waals surface area contributed by atoms with Gasteiger partial charge in [0.05, 0.1) is 14.2 Å². The zero-order valence-corrected chi connectivity index (χ0v) is 8.70. The second-order valence-electron chi connectivity index (χ2n) is 2.78. The summed E-state index contributed by atoms with van der Waals surface area (Å²) in [5.74, 6) is 1.38. The molecule has 0 amide bonds. The molecule has 0 fully saturated rings. The summed E-state index contributed by atoms with van der Waals surface area (Å²) in [6, 6.07) is 9.81. The Hall–Kier alpha value is -1.66. The number of rotatable bonds is 3. The predicted molar refractivity (Wildman–Crippen MR) is 56.6 cm³/mol. The highest BCUT2D eigenvalue weighted by Gasteiger charge is 1.98. The van der Waals surface area contributed by atoms with E-state index in [1.54, 1.807) is 14.2 Å². The zero-order valence-electron chi connectivity index (χ0n) is 8.70. The molecule has 1 aromatic carbocycles. The lowest BCUT2D eigenvalue weighted by molar-refractivity contribution is 0.293. The molecule has 0 bridgehead atoms. The van der Waals surface area contributed by atoms with Gasteiger partial charge in [0.25, 0.3) is 0 Å². The molecule has 1 rings (SSSR count). The maximum Gasteiger partial charge on any atom is 0.172 e. The summed E-state index contributed by atoms with van der Waals surface area (Å²) in [7, 11) is 3.24. The molecule has 0 aromatic heterocycles. The smallest absolute Gasteiger partial charge is 0.172 e. The van der Waals surface area contributed by atoms with Crippen molar-refractivity contribution in [2.24, 2.45) is 0 Å². The molecule has 0 saturated carbocycles. The van der Waals surface area contributed by atoms with Crippen LogP contribution < -0.4 is 0 Å². The third-order valence-electron chi connectivity index (χ3n) is 1.84. The third kappa shape index (κ3) is 2.68. The molecule has 0 N–H and O–H groups in total. The minimum Gasteiger partial charge on any atom is -0.493 e. The molecule has 0 heterocycles. The summed E-state index contributed by atoms with van der Waals surface area (Å²) in [5.41, 5.74) is 4.01. The number of ether oxygens (including phenoxy) is 2. The summed E-state index contributed by atoms with van der Waals surface area (Å²) in [6.45, 7) is 1.84. The van der Waals surface area contributed by atoms with Crippen LogP contribution in [0.15, 0.2) is 41.8 Å². The molecule has 0 aliphatic carbocycles. The Morgan fingerprint density at radius 1 is 1.07 bits per heavy atom. The van der Waals surface area contributed by atoms with Crippen LogP contribution in [0.4, 0.5) is 0 Å². The molecule has 0 atom stereocenters. The standard InChI is InChI=1S/C12H14O2/c1-10(13-2)9-12(14-3)11-7-5-4-6-8-11/h4-8H,1-3H3. The van der Waals surface area contributed by atoms with Gasteiger partial charge in [-0.25, -0.2) is 0 Å². The normalized spacial score (nSPS) is 8.79. The van der Waals surface area contributed by atoms with Crippen molar-refractivity contribution in [3.63, 3.8) is 0 Å². The van der Waals surface area contributed by atoms with Gasteiger partial charge in [0.1, 0.15) is 5.76 Å². The molecule has 2 heteroatoms. The molecule has 0 saturated heterocycles. The lowest BCUT2D eigenvalue weighted by Gasteiger charge is -2.03. The van der Waals surface area contributed by atoms with Gasteiger partial charge in [-0.3, -0.25) is 0 Å². The first kappa shape index (κ1) is 10.4. The molecule has 14 heavy (non-hydrogen) atoms. The Morgan fingerprint density at radius 2 is 1.71 bits per heavy atom. The van der Waals surface area contributed by atoms with E-state index in [1.165, 1.54) is 0 Å². The first-order chi connectivity index (χ1) is 6.77. The van der Waals surface area contributed by atoms with Crippen LogP contribution in [-0.2, 0) is 9.47 Å². The van der Waals surface area contributed by atoms with Crippen LogP contribution >= 0.6 is 0 Å².